The second-order valence-electron chi connectivity index (χ2n) is 5.03. The van der Waals surface area contributed by atoms with Gasteiger partial charge in [0, 0.05) is 19.4 Å². The zero-order valence-electron chi connectivity index (χ0n) is 10.3. The van der Waals surface area contributed by atoms with Crippen LogP contribution in [0.5, 0.6) is 0 Å². The lowest BCUT2D eigenvalue weighted by Gasteiger charge is -2.32. The van der Waals surface area contributed by atoms with Crippen LogP contribution in [-0.4, -0.2) is 38.9 Å². The van der Waals surface area contributed by atoms with E-state index in [1.54, 1.807) is 11.1 Å². The molecule has 2 amide bonds. The Balaban J connectivity index is 1.76. The van der Waals surface area contributed by atoms with Crippen molar-refractivity contribution in [3.8, 4) is 0 Å². The van der Waals surface area contributed by atoms with Gasteiger partial charge in [-0.2, -0.15) is 0 Å². The first-order valence-corrected chi connectivity index (χ1v) is 6.19. The highest BCUT2D eigenvalue weighted by Crippen LogP contribution is 2.34. The topological polar surface area (TPSA) is 67.2 Å². The van der Waals surface area contributed by atoms with E-state index in [0.717, 1.165) is 18.7 Å². The summed E-state index contributed by atoms with van der Waals surface area (Å²) >= 11 is 0. The molecule has 1 atom stereocenters. The zero-order valence-corrected chi connectivity index (χ0v) is 10.3. The van der Waals surface area contributed by atoms with Crippen molar-refractivity contribution < 1.29 is 9.59 Å². The number of aryl methyl sites for hydroxylation is 1. The van der Waals surface area contributed by atoms with Crippen LogP contribution in [0.1, 0.15) is 18.7 Å². The summed E-state index contributed by atoms with van der Waals surface area (Å²) < 4.78 is 1.87. The van der Waals surface area contributed by atoms with E-state index < -0.39 is 0 Å². The minimum atomic E-state index is -0.313. The Hall–Kier alpha value is -1.85. The standard InChI is InChI=1S/C12H16N4O2/c1-15-5-4-13-9(15)6-16-7-10(17)14-11(12(16)18)8-2-3-8/h4-5,8,11H,2-3,6-7H2,1H3,(H,14,17). The van der Waals surface area contributed by atoms with Crippen LogP contribution in [0.3, 0.4) is 0 Å². The van der Waals surface area contributed by atoms with Gasteiger partial charge in [-0.1, -0.05) is 0 Å². The molecule has 6 heteroatoms. The van der Waals surface area contributed by atoms with Gasteiger partial charge in [0.25, 0.3) is 0 Å². The summed E-state index contributed by atoms with van der Waals surface area (Å²) in [4.78, 5) is 29.7. The smallest absolute Gasteiger partial charge is 0.246 e. The normalized spacial score (nSPS) is 24.3. The molecule has 1 aliphatic carbocycles. The Morgan fingerprint density at radius 1 is 1.44 bits per heavy atom. The molecule has 1 saturated heterocycles. The molecule has 18 heavy (non-hydrogen) atoms. The molecule has 96 valence electrons. The quantitative estimate of drug-likeness (QED) is 0.795. The molecular weight excluding hydrogens is 232 g/mol. The molecule has 1 aromatic rings. The zero-order chi connectivity index (χ0) is 12.7. The SMILES string of the molecule is Cn1ccnc1CN1CC(=O)NC(C2CC2)C1=O. The molecule has 3 rings (SSSR count). The van der Waals surface area contributed by atoms with Crippen molar-refractivity contribution >= 4 is 11.8 Å². The highest BCUT2D eigenvalue weighted by molar-refractivity contribution is 5.95. The maximum absolute atomic E-state index is 12.3. The van der Waals surface area contributed by atoms with Crippen LogP contribution in [0.4, 0.5) is 0 Å². The van der Waals surface area contributed by atoms with Crippen molar-refractivity contribution in [1.82, 2.24) is 19.8 Å². The van der Waals surface area contributed by atoms with Crippen LogP contribution in [0.15, 0.2) is 12.4 Å². The number of carbonyl (C=O) groups excluding carboxylic acids is 2. The fraction of sp³-hybridized carbons (Fsp3) is 0.583. The van der Waals surface area contributed by atoms with Gasteiger partial charge in [-0.25, -0.2) is 4.98 Å². The number of nitrogens with one attached hydrogen (secondary N) is 1. The third-order valence-electron chi connectivity index (χ3n) is 3.58. The van der Waals surface area contributed by atoms with Crippen LogP contribution in [-0.2, 0) is 23.2 Å². The number of piperazine rings is 1. The highest BCUT2D eigenvalue weighted by atomic mass is 16.2. The molecule has 0 aromatic carbocycles. The molecule has 1 aromatic heterocycles. The second kappa shape index (κ2) is 4.12. The van der Waals surface area contributed by atoms with Gasteiger partial charge in [0.1, 0.15) is 18.4 Å². The van der Waals surface area contributed by atoms with Crippen LogP contribution in [0, 0.1) is 5.92 Å². The maximum Gasteiger partial charge on any atom is 0.246 e. The van der Waals surface area contributed by atoms with E-state index in [0.29, 0.717) is 12.5 Å². The molecule has 1 N–H and O–H groups in total. The Bertz CT molecular complexity index is 492. The molecule has 2 aliphatic rings. The number of hydrogen-bond acceptors (Lipinski definition) is 3. The van der Waals surface area contributed by atoms with Gasteiger partial charge >= 0.3 is 0 Å². The van der Waals surface area contributed by atoms with Gasteiger partial charge in [-0.05, 0) is 18.8 Å². The van der Waals surface area contributed by atoms with Crippen LogP contribution in [0.2, 0.25) is 0 Å². The summed E-state index contributed by atoms with van der Waals surface area (Å²) in [6.07, 6.45) is 5.60. The van der Waals surface area contributed by atoms with Crippen molar-refractivity contribution in [2.24, 2.45) is 13.0 Å². The predicted octanol–water partition coefficient (Wildman–Crippen LogP) is -0.343. The van der Waals surface area contributed by atoms with Crippen molar-refractivity contribution in [2.75, 3.05) is 6.54 Å². The Morgan fingerprint density at radius 3 is 2.83 bits per heavy atom. The van der Waals surface area contributed by atoms with Crippen molar-refractivity contribution in [3.63, 3.8) is 0 Å². The van der Waals surface area contributed by atoms with E-state index >= 15 is 0 Å². The number of hydrogen-bond donors (Lipinski definition) is 1. The summed E-state index contributed by atoms with van der Waals surface area (Å²) in [7, 11) is 1.88. The average Bonchev–Trinajstić information content (AvgIpc) is 3.09. The van der Waals surface area contributed by atoms with Crippen molar-refractivity contribution in [2.45, 2.75) is 25.4 Å². The van der Waals surface area contributed by atoms with Gasteiger partial charge in [0.15, 0.2) is 0 Å². The van der Waals surface area contributed by atoms with Gasteiger partial charge in [-0.3, -0.25) is 9.59 Å². The molecule has 0 bridgehead atoms. The van der Waals surface area contributed by atoms with Crippen LogP contribution in [0.25, 0.3) is 0 Å². The van der Waals surface area contributed by atoms with Gasteiger partial charge in [0.2, 0.25) is 11.8 Å². The van der Waals surface area contributed by atoms with Gasteiger partial charge in [-0.15, -0.1) is 0 Å². The lowest BCUT2D eigenvalue weighted by atomic mass is 10.1. The summed E-state index contributed by atoms with van der Waals surface area (Å²) in [5.74, 6) is 1.10. The van der Waals surface area contributed by atoms with E-state index in [9.17, 15) is 9.59 Å². The van der Waals surface area contributed by atoms with E-state index in [2.05, 4.69) is 10.3 Å². The van der Waals surface area contributed by atoms with E-state index in [-0.39, 0.29) is 24.4 Å². The number of amides is 2. The molecule has 1 saturated carbocycles. The number of aromatic nitrogens is 2. The second-order valence-corrected chi connectivity index (χ2v) is 5.03. The number of carbonyl (C=O) groups is 2. The van der Waals surface area contributed by atoms with Crippen molar-refractivity contribution in [1.29, 1.82) is 0 Å². The molecule has 1 aliphatic heterocycles. The lowest BCUT2D eigenvalue weighted by Crippen LogP contribution is -2.58. The third-order valence-corrected chi connectivity index (χ3v) is 3.58. The van der Waals surface area contributed by atoms with E-state index in [1.807, 2.05) is 17.8 Å². The predicted molar refractivity (Wildman–Crippen MR) is 63.3 cm³/mol. The van der Waals surface area contributed by atoms with Gasteiger partial charge in [0.05, 0.1) is 6.54 Å². The molecule has 2 heterocycles. The highest BCUT2D eigenvalue weighted by Gasteiger charge is 2.42. The fourth-order valence-corrected chi connectivity index (χ4v) is 2.33. The first kappa shape index (κ1) is 11.3. The lowest BCUT2D eigenvalue weighted by molar-refractivity contribution is -0.145. The Kier molecular flexibility index (Phi) is 2.57. The average molecular weight is 248 g/mol. The van der Waals surface area contributed by atoms with E-state index in [1.165, 1.54) is 0 Å². The molecule has 0 spiro atoms. The molecule has 1 unspecified atom stereocenters. The van der Waals surface area contributed by atoms with Crippen molar-refractivity contribution in [3.05, 3.63) is 18.2 Å². The summed E-state index contributed by atoms with van der Waals surface area (Å²) in [5.41, 5.74) is 0. The number of rotatable bonds is 3. The third kappa shape index (κ3) is 1.98. The first-order chi connectivity index (χ1) is 8.65. The first-order valence-electron chi connectivity index (χ1n) is 6.19. The number of nitrogens with zero attached hydrogens (tertiary/aromatic N) is 3. The minimum absolute atomic E-state index is 0.0279. The molecule has 2 fully saturated rings. The number of imidazole rings is 1. The largest absolute Gasteiger partial charge is 0.342 e. The molecule has 0 radical (unpaired) electrons. The Labute approximate surface area is 105 Å². The maximum atomic E-state index is 12.3. The summed E-state index contributed by atoms with van der Waals surface area (Å²) in [6, 6.07) is -0.313. The molecule has 6 nitrogen and oxygen atoms in total. The monoisotopic (exact) mass is 248 g/mol. The van der Waals surface area contributed by atoms with Crippen LogP contribution >= 0.6 is 0 Å². The molecular formula is C12H16N4O2. The van der Waals surface area contributed by atoms with Crippen LogP contribution < -0.4 is 5.32 Å². The fourth-order valence-electron chi connectivity index (χ4n) is 2.33. The Morgan fingerprint density at radius 2 is 2.22 bits per heavy atom. The van der Waals surface area contributed by atoms with E-state index in [4.69, 9.17) is 0 Å². The minimum Gasteiger partial charge on any atom is -0.342 e. The van der Waals surface area contributed by atoms with Gasteiger partial charge < -0.3 is 14.8 Å². The summed E-state index contributed by atoms with van der Waals surface area (Å²) in [6.45, 7) is 0.536. The summed E-state index contributed by atoms with van der Waals surface area (Å²) in [5, 5.41) is 2.79.